The van der Waals surface area contributed by atoms with Gasteiger partial charge in [-0.15, -0.1) is 0 Å². The Kier molecular flexibility index (Phi) is 4.01. The number of nitriles is 1. The molecular weight excluding hydrogens is 327 g/mol. The molecule has 0 aliphatic heterocycles. The molecule has 0 fully saturated rings. The van der Waals surface area contributed by atoms with E-state index in [4.69, 9.17) is 10.4 Å². The van der Waals surface area contributed by atoms with Gasteiger partial charge in [-0.2, -0.15) is 5.26 Å². The van der Waals surface area contributed by atoms with Crippen LogP contribution in [0.2, 0.25) is 0 Å². The van der Waals surface area contributed by atoms with Crippen LogP contribution in [0.4, 0.5) is 10.1 Å². The van der Waals surface area contributed by atoms with Crippen molar-refractivity contribution in [3.63, 3.8) is 0 Å². The summed E-state index contributed by atoms with van der Waals surface area (Å²) >= 11 is 3.22. The SMILES string of the molecule is N#Cc1cc(Br)ccc1NC(=O)c1ccc(O)cc1F. The first-order valence-electron chi connectivity index (χ1n) is 5.51. The highest BCUT2D eigenvalue weighted by Crippen LogP contribution is 2.22. The molecule has 2 rings (SSSR count). The molecule has 20 heavy (non-hydrogen) atoms. The Balaban J connectivity index is 2.31. The fourth-order valence-corrected chi connectivity index (χ4v) is 1.96. The fraction of sp³-hybridized carbons (Fsp3) is 0. The third kappa shape index (κ3) is 2.95. The van der Waals surface area contributed by atoms with Crippen molar-refractivity contribution in [2.75, 3.05) is 5.32 Å². The van der Waals surface area contributed by atoms with Gasteiger partial charge < -0.3 is 10.4 Å². The minimum atomic E-state index is -0.835. The number of benzene rings is 2. The Morgan fingerprint density at radius 1 is 1.30 bits per heavy atom. The number of phenolic OH excluding ortho intramolecular Hbond substituents is 1. The van der Waals surface area contributed by atoms with Crippen LogP contribution in [0.3, 0.4) is 0 Å². The maximum Gasteiger partial charge on any atom is 0.258 e. The quantitative estimate of drug-likeness (QED) is 0.883. The van der Waals surface area contributed by atoms with Crippen molar-refractivity contribution in [2.45, 2.75) is 0 Å². The summed E-state index contributed by atoms with van der Waals surface area (Å²) in [5.74, 6) is -1.79. The van der Waals surface area contributed by atoms with E-state index in [2.05, 4.69) is 21.2 Å². The van der Waals surface area contributed by atoms with Gasteiger partial charge in [-0.1, -0.05) is 15.9 Å². The standard InChI is InChI=1S/C14H8BrFN2O2/c15-9-1-4-13(8(5-9)7-17)18-14(20)11-3-2-10(19)6-12(11)16/h1-6,19H,(H,18,20). The lowest BCUT2D eigenvalue weighted by Gasteiger charge is -2.08. The average Bonchev–Trinajstić information content (AvgIpc) is 2.40. The molecule has 0 aliphatic carbocycles. The zero-order valence-electron chi connectivity index (χ0n) is 10.0. The molecule has 0 saturated heterocycles. The molecule has 0 atom stereocenters. The highest BCUT2D eigenvalue weighted by Gasteiger charge is 2.14. The zero-order valence-corrected chi connectivity index (χ0v) is 11.6. The average molecular weight is 335 g/mol. The Bertz CT molecular complexity index is 726. The number of aromatic hydroxyl groups is 1. The number of carbonyl (C=O) groups is 1. The van der Waals surface area contributed by atoms with E-state index in [0.717, 1.165) is 6.07 Å². The number of nitrogens with zero attached hydrogens (tertiary/aromatic N) is 1. The maximum atomic E-state index is 13.6. The molecule has 1 amide bonds. The molecular formula is C14H8BrFN2O2. The second-order valence-corrected chi connectivity index (χ2v) is 4.84. The number of carbonyl (C=O) groups excluding carboxylic acids is 1. The summed E-state index contributed by atoms with van der Waals surface area (Å²) in [7, 11) is 0. The van der Waals surface area contributed by atoms with E-state index < -0.39 is 11.7 Å². The number of hydrogen-bond donors (Lipinski definition) is 2. The first-order chi connectivity index (χ1) is 9.51. The fourth-order valence-electron chi connectivity index (χ4n) is 1.60. The van der Waals surface area contributed by atoms with Crippen LogP contribution >= 0.6 is 15.9 Å². The smallest absolute Gasteiger partial charge is 0.258 e. The van der Waals surface area contributed by atoms with Crippen molar-refractivity contribution in [3.8, 4) is 11.8 Å². The number of hydrogen-bond acceptors (Lipinski definition) is 3. The first-order valence-corrected chi connectivity index (χ1v) is 6.30. The van der Waals surface area contributed by atoms with Crippen molar-refractivity contribution in [3.05, 3.63) is 57.8 Å². The van der Waals surface area contributed by atoms with Gasteiger partial charge in [-0.05, 0) is 30.3 Å². The topological polar surface area (TPSA) is 73.1 Å². The second kappa shape index (κ2) is 5.72. The number of anilines is 1. The maximum absolute atomic E-state index is 13.6. The molecule has 0 spiro atoms. The van der Waals surface area contributed by atoms with E-state index >= 15 is 0 Å². The van der Waals surface area contributed by atoms with Crippen LogP contribution in [0.1, 0.15) is 15.9 Å². The molecule has 0 saturated carbocycles. The van der Waals surface area contributed by atoms with Gasteiger partial charge in [0.25, 0.3) is 5.91 Å². The third-order valence-electron chi connectivity index (χ3n) is 2.55. The Morgan fingerprint density at radius 2 is 2.05 bits per heavy atom. The first kappa shape index (κ1) is 14.0. The molecule has 0 bridgehead atoms. The van der Waals surface area contributed by atoms with E-state index in [9.17, 15) is 9.18 Å². The van der Waals surface area contributed by atoms with Gasteiger partial charge in [0, 0.05) is 10.5 Å². The third-order valence-corrected chi connectivity index (χ3v) is 3.04. The predicted molar refractivity (Wildman–Crippen MR) is 74.9 cm³/mol. The van der Waals surface area contributed by atoms with Crippen LogP contribution in [0.25, 0.3) is 0 Å². The van der Waals surface area contributed by atoms with E-state index in [1.54, 1.807) is 18.2 Å². The van der Waals surface area contributed by atoms with Gasteiger partial charge in [0.2, 0.25) is 0 Å². The Morgan fingerprint density at radius 3 is 2.70 bits per heavy atom. The lowest BCUT2D eigenvalue weighted by molar-refractivity contribution is 0.102. The number of rotatable bonds is 2. The number of phenols is 1. The minimum Gasteiger partial charge on any atom is -0.508 e. The van der Waals surface area contributed by atoms with Crippen LogP contribution in [-0.4, -0.2) is 11.0 Å². The molecule has 4 nitrogen and oxygen atoms in total. The molecule has 0 unspecified atom stereocenters. The summed E-state index contributed by atoms with van der Waals surface area (Å²) in [6, 6.07) is 9.91. The number of halogens is 2. The summed E-state index contributed by atoms with van der Waals surface area (Å²) < 4.78 is 14.3. The molecule has 2 aromatic rings. The summed E-state index contributed by atoms with van der Waals surface area (Å²) in [6.07, 6.45) is 0. The van der Waals surface area contributed by atoms with Crippen molar-refractivity contribution < 1.29 is 14.3 Å². The summed E-state index contributed by atoms with van der Waals surface area (Å²) in [5.41, 5.74) is 0.328. The number of amides is 1. The molecule has 2 N–H and O–H groups in total. The minimum absolute atomic E-state index is 0.213. The Hall–Kier alpha value is -2.39. The van der Waals surface area contributed by atoms with Crippen molar-refractivity contribution in [2.24, 2.45) is 0 Å². The summed E-state index contributed by atoms with van der Waals surface area (Å²) in [4.78, 5) is 11.9. The van der Waals surface area contributed by atoms with Crippen LogP contribution in [0.5, 0.6) is 5.75 Å². The second-order valence-electron chi connectivity index (χ2n) is 3.92. The van der Waals surface area contributed by atoms with Gasteiger partial charge in [0.1, 0.15) is 17.6 Å². The highest BCUT2D eigenvalue weighted by molar-refractivity contribution is 9.10. The lowest BCUT2D eigenvalue weighted by Crippen LogP contribution is -2.14. The molecule has 0 radical (unpaired) electrons. The van der Waals surface area contributed by atoms with E-state index in [1.807, 2.05) is 6.07 Å². The highest BCUT2D eigenvalue weighted by atomic mass is 79.9. The number of nitrogens with one attached hydrogen (secondary N) is 1. The lowest BCUT2D eigenvalue weighted by atomic mass is 10.1. The predicted octanol–water partition coefficient (Wildman–Crippen LogP) is 3.42. The normalized spacial score (nSPS) is 9.85. The molecule has 0 aliphatic rings. The van der Waals surface area contributed by atoms with Crippen LogP contribution in [0.15, 0.2) is 40.9 Å². The Labute approximate surface area is 122 Å². The van der Waals surface area contributed by atoms with E-state index in [0.29, 0.717) is 4.47 Å². The van der Waals surface area contributed by atoms with Gasteiger partial charge in [0.05, 0.1) is 16.8 Å². The van der Waals surface area contributed by atoms with Gasteiger partial charge in [0.15, 0.2) is 0 Å². The van der Waals surface area contributed by atoms with Crippen molar-refractivity contribution in [1.29, 1.82) is 5.26 Å². The molecule has 100 valence electrons. The largest absolute Gasteiger partial charge is 0.508 e. The van der Waals surface area contributed by atoms with Crippen LogP contribution < -0.4 is 5.32 Å². The summed E-state index contributed by atoms with van der Waals surface area (Å²) in [5, 5.41) is 20.6. The van der Waals surface area contributed by atoms with Gasteiger partial charge in [-0.25, -0.2) is 4.39 Å². The zero-order chi connectivity index (χ0) is 14.7. The van der Waals surface area contributed by atoms with E-state index in [-0.39, 0.29) is 22.6 Å². The summed E-state index contributed by atoms with van der Waals surface area (Å²) in [6.45, 7) is 0. The molecule has 2 aromatic carbocycles. The van der Waals surface area contributed by atoms with Gasteiger partial charge >= 0.3 is 0 Å². The molecule has 6 heteroatoms. The molecule has 0 heterocycles. The van der Waals surface area contributed by atoms with Crippen LogP contribution in [0, 0.1) is 17.1 Å². The van der Waals surface area contributed by atoms with Crippen molar-refractivity contribution in [1.82, 2.24) is 0 Å². The van der Waals surface area contributed by atoms with E-state index in [1.165, 1.54) is 12.1 Å². The van der Waals surface area contributed by atoms with Crippen molar-refractivity contribution >= 4 is 27.5 Å². The monoisotopic (exact) mass is 334 g/mol. The van der Waals surface area contributed by atoms with Crippen LogP contribution in [-0.2, 0) is 0 Å². The van der Waals surface area contributed by atoms with Gasteiger partial charge in [-0.3, -0.25) is 4.79 Å². The molecule has 0 aromatic heterocycles.